The lowest BCUT2D eigenvalue weighted by Gasteiger charge is -2.17. The average molecular weight is 286 g/mol. The van der Waals surface area contributed by atoms with E-state index in [1.165, 1.54) is 11.8 Å². The molecule has 1 fully saturated rings. The van der Waals surface area contributed by atoms with Crippen molar-refractivity contribution in [3.63, 3.8) is 0 Å². The highest BCUT2D eigenvalue weighted by Gasteiger charge is 2.23. The number of hydrogen-bond donors (Lipinski definition) is 2. The number of carbonyl (C=O) groups excluding carboxylic acids is 1. The molecule has 6 heteroatoms. The van der Waals surface area contributed by atoms with Crippen LogP contribution < -0.4 is 10.6 Å². The van der Waals surface area contributed by atoms with Crippen LogP contribution in [-0.2, 0) is 4.79 Å². The zero-order valence-corrected chi connectivity index (χ0v) is 11.6. The zero-order valence-electron chi connectivity index (χ0n) is 10.8. The summed E-state index contributed by atoms with van der Waals surface area (Å²) in [4.78, 5) is 17.4. The van der Waals surface area contributed by atoms with Crippen molar-refractivity contribution >= 4 is 29.4 Å². The molecule has 20 heavy (non-hydrogen) atoms. The van der Waals surface area contributed by atoms with Gasteiger partial charge in [-0.1, -0.05) is 17.8 Å². The van der Waals surface area contributed by atoms with E-state index in [2.05, 4.69) is 20.0 Å². The van der Waals surface area contributed by atoms with Gasteiger partial charge in [-0.3, -0.25) is 9.20 Å². The van der Waals surface area contributed by atoms with Gasteiger partial charge in [0, 0.05) is 12.6 Å². The fourth-order valence-electron chi connectivity index (χ4n) is 2.63. The number of carbonyl (C=O) groups is 1. The van der Waals surface area contributed by atoms with Crippen molar-refractivity contribution in [2.45, 2.75) is 17.5 Å². The third-order valence-electron chi connectivity index (χ3n) is 3.63. The van der Waals surface area contributed by atoms with Gasteiger partial charge >= 0.3 is 0 Å². The van der Waals surface area contributed by atoms with Crippen LogP contribution in [0.15, 0.2) is 34.3 Å². The second-order valence-electron chi connectivity index (χ2n) is 5.01. The number of imidazole rings is 1. The van der Waals surface area contributed by atoms with Crippen LogP contribution in [0.5, 0.6) is 0 Å². The quantitative estimate of drug-likeness (QED) is 0.872. The molecule has 0 saturated carbocycles. The number of rotatable bonds is 2. The summed E-state index contributed by atoms with van der Waals surface area (Å²) in [5.74, 6) is 0.00755. The Morgan fingerprint density at radius 3 is 3.30 bits per heavy atom. The first-order valence-electron chi connectivity index (χ1n) is 6.69. The molecule has 0 bridgehead atoms. The van der Waals surface area contributed by atoms with Gasteiger partial charge in [0.25, 0.3) is 5.91 Å². The Bertz CT molecular complexity index is 715. The van der Waals surface area contributed by atoms with E-state index in [9.17, 15) is 4.79 Å². The second kappa shape index (κ2) is 4.64. The van der Waals surface area contributed by atoms with Crippen molar-refractivity contribution in [3.05, 3.63) is 35.0 Å². The van der Waals surface area contributed by atoms with E-state index in [0.717, 1.165) is 40.8 Å². The molecule has 0 spiro atoms. The molecule has 1 amide bonds. The number of nitrogens with one attached hydrogen (secondary N) is 2. The molecular weight excluding hydrogens is 272 g/mol. The Morgan fingerprint density at radius 2 is 2.45 bits per heavy atom. The Hall–Kier alpha value is -1.79. The molecule has 2 aromatic rings. The van der Waals surface area contributed by atoms with Gasteiger partial charge < -0.3 is 10.6 Å². The first-order chi connectivity index (χ1) is 9.81. The molecule has 5 nitrogen and oxygen atoms in total. The van der Waals surface area contributed by atoms with Gasteiger partial charge in [-0.05, 0) is 31.2 Å². The predicted molar refractivity (Wildman–Crippen MR) is 78.4 cm³/mol. The first-order valence-corrected chi connectivity index (χ1v) is 7.50. The Kier molecular flexibility index (Phi) is 2.78. The SMILES string of the molecule is O=C(NC1CCNC1)C1=Cc2cnc3cccc(n23)S1. The van der Waals surface area contributed by atoms with E-state index in [1.807, 2.05) is 30.5 Å². The summed E-state index contributed by atoms with van der Waals surface area (Å²) < 4.78 is 2.07. The predicted octanol–water partition coefficient (Wildman–Crippen LogP) is 1.26. The molecule has 2 N–H and O–H groups in total. The zero-order chi connectivity index (χ0) is 13.5. The van der Waals surface area contributed by atoms with Crippen molar-refractivity contribution in [3.8, 4) is 0 Å². The van der Waals surface area contributed by atoms with Gasteiger partial charge in [0.15, 0.2) is 0 Å². The smallest absolute Gasteiger partial charge is 0.258 e. The fourth-order valence-corrected chi connectivity index (χ4v) is 3.63. The first kappa shape index (κ1) is 12.0. The maximum absolute atomic E-state index is 12.3. The van der Waals surface area contributed by atoms with Crippen molar-refractivity contribution in [2.24, 2.45) is 0 Å². The molecule has 4 heterocycles. The lowest BCUT2D eigenvalue weighted by molar-refractivity contribution is -0.117. The van der Waals surface area contributed by atoms with Crippen molar-refractivity contribution < 1.29 is 4.79 Å². The lowest BCUT2D eigenvalue weighted by Crippen LogP contribution is -2.36. The molecule has 2 aliphatic rings. The standard InChI is InChI=1S/C14H14N4OS/c19-14(17-9-4-5-15-7-9)11-6-10-8-16-12-2-1-3-13(20-11)18(10)12/h1-3,6,8-9,15H,4-5,7H2,(H,17,19). The third kappa shape index (κ3) is 1.92. The summed E-state index contributed by atoms with van der Waals surface area (Å²) in [6.07, 6.45) is 4.72. The Labute approximate surface area is 120 Å². The number of nitrogens with zero attached hydrogens (tertiary/aromatic N) is 2. The van der Waals surface area contributed by atoms with Crippen LogP contribution in [-0.4, -0.2) is 34.4 Å². The van der Waals surface area contributed by atoms with Crippen LogP contribution in [0.4, 0.5) is 0 Å². The molecule has 2 aromatic heterocycles. The van der Waals surface area contributed by atoms with E-state index >= 15 is 0 Å². The van der Waals surface area contributed by atoms with E-state index in [4.69, 9.17) is 0 Å². The normalized spacial score (nSPS) is 21.0. The highest BCUT2D eigenvalue weighted by atomic mass is 32.2. The number of pyridine rings is 1. The lowest BCUT2D eigenvalue weighted by atomic mass is 10.2. The summed E-state index contributed by atoms with van der Waals surface area (Å²) >= 11 is 1.50. The molecule has 0 radical (unpaired) electrons. The van der Waals surface area contributed by atoms with Crippen LogP contribution in [0.2, 0.25) is 0 Å². The minimum Gasteiger partial charge on any atom is -0.348 e. The third-order valence-corrected chi connectivity index (χ3v) is 4.68. The molecular formula is C14H14N4OS. The summed E-state index contributed by atoms with van der Waals surface area (Å²) in [7, 11) is 0. The maximum Gasteiger partial charge on any atom is 0.258 e. The van der Waals surface area contributed by atoms with E-state index < -0.39 is 0 Å². The van der Waals surface area contributed by atoms with Gasteiger partial charge in [0.05, 0.1) is 21.8 Å². The van der Waals surface area contributed by atoms with Crippen LogP contribution in [0.25, 0.3) is 11.7 Å². The van der Waals surface area contributed by atoms with Crippen LogP contribution in [0, 0.1) is 0 Å². The highest BCUT2D eigenvalue weighted by molar-refractivity contribution is 8.04. The van der Waals surface area contributed by atoms with Crippen LogP contribution >= 0.6 is 11.8 Å². The minimum atomic E-state index is 0.00755. The number of thioether (sulfide) groups is 1. The number of aromatic nitrogens is 2. The second-order valence-corrected chi connectivity index (χ2v) is 6.08. The van der Waals surface area contributed by atoms with Gasteiger partial charge in [-0.25, -0.2) is 4.98 Å². The minimum absolute atomic E-state index is 0.00755. The number of amides is 1. The summed E-state index contributed by atoms with van der Waals surface area (Å²) in [5.41, 5.74) is 1.88. The number of hydrogen-bond acceptors (Lipinski definition) is 4. The molecule has 1 atom stereocenters. The molecule has 0 aromatic carbocycles. The summed E-state index contributed by atoms with van der Waals surface area (Å²) in [5, 5.41) is 7.37. The van der Waals surface area contributed by atoms with Crippen molar-refractivity contribution in [2.75, 3.05) is 13.1 Å². The highest BCUT2D eigenvalue weighted by Crippen LogP contribution is 2.34. The molecule has 0 aliphatic carbocycles. The Balaban J connectivity index is 1.64. The van der Waals surface area contributed by atoms with Gasteiger partial charge in [0.1, 0.15) is 5.65 Å². The topological polar surface area (TPSA) is 58.4 Å². The van der Waals surface area contributed by atoms with Gasteiger partial charge in [-0.2, -0.15) is 0 Å². The molecule has 4 rings (SSSR count). The molecule has 1 unspecified atom stereocenters. The molecule has 102 valence electrons. The summed E-state index contributed by atoms with van der Waals surface area (Å²) in [6, 6.07) is 6.19. The summed E-state index contributed by atoms with van der Waals surface area (Å²) in [6.45, 7) is 1.83. The van der Waals surface area contributed by atoms with E-state index in [0.29, 0.717) is 0 Å². The fraction of sp³-hybridized carbons (Fsp3) is 0.286. The maximum atomic E-state index is 12.3. The van der Waals surface area contributed by atoms with Crippen molar-refractivity contribution in [1.82, 2.24) is 20.0 Å². The molecule has 1 saturated heterocycles. The Morgan fingerprint density at radius 1 is 1.50 bits per heavy atom. The monoisotopic (exact) mass is 286 g/mol. The van der Waals surface area contributed by atoms with Crippen molar-refractivity contribution in [1.29, 1.82) is 0 Å². The van der Waals surface area contributed by atoms with E-state index in [-0.39, 0.29) is 11.9 Å². The largest absolute Gasteiger partial charge is 0.348 e. The van der Waals surface area contributed by atoms with Gasteiger partial charge in [0.2, 0.25) is 0 Å². The van der Waals surface area contributed by atoms with Crippen LogP contribution in [0.1, 0.15) is 12.1 Å². The average Bonchev–Trinajstić information content (AvgIpc) is 3.10. The van der Waals surface area contributed by atoms with E-state index in [1.54, 1.807) is 0 Å². The van der Waals surface area contributed by atoms with Gasteiger partial charge in [-0.15, -0.1) is 0 Å². The van der Waals surface area contributed by atoms with Crippen LogP contribution in [0.3, 0.4) is 0 Å². The molecule has 2 aliphatic heterocycles.